The van der Waals surface area contributed by atoms with E-state index in [4.69, 9.17) is 0 Å². The van der Waals surface area contributed by atoms with Gasteiger partial charge < -0.3 is 5.32 Å². The summed E-state index contributed by atoms with van der Waals surface area (Å²) in [6.07, 6.45) is 1.67. The molecule has 0 atom stereocenters. The highest BCUT2D eigenvalue weighted by atomic mass is 16.2. The third-order valence-corrected chi connectivity index (χ3v) is 3.94. The van der Waals surface area contributed by atoms with E-state index in [9.17, 15) is 9.59 Å². The van der Waals surface area contributed by atoms with Crippen LogP contribution in [0.4, 0.5) is 0 Å². The molecule has 0 spiro atoms. The highest BCUT2D eigenvalue weighted by molar-refractivity contribution is 5.73. The van der Waals surface area contributed by atoms with E-state index in [1.54, 1.807) is 15.3 Å². The van der Waals surface area contributed by atoms with Gasteiger partial charge >= 0.3 is 5.69 Å². The van der Waals surface area contributed by atoms with Crippen LogP contribution in [0.2, 0.25) is 0 Å². The Morgan fingerprint density at radius 3 is 2.62 bits per heavy atom. The Bertz CT molecular complexity index is 922. The van der Waals surface area contributed by atoms with Gasteiger partial charge in [0.2, 0.25) is 5.91 Å². The second-order valence-electron chi connectivity index (χ2n) is 5.84. The minimum absolute atomic E-state index is 0.112. The van der Waals surface area contributed by atoms with Crippen LogP contribution >= 0.6 is 0 Å². The maximum atomic E-state index is 12.8. The molecule has 24 heavy (non-hydrogen) atoms. The molecule has 0 bridgehead atoms. The highest BCUT2D eigenvalue weighted by Crippen LogP contribution is 2.12. The van der Waals surface area contributed by atoms with E-state index < -0.39 is 0 Å². The lowest BCUT2D eigenvalue weighted by Gasteiger charge is -2.04. The van der Waals surface area contributed by atoms with E-state index in [1.807, 2.05) is 43.3 Å². The van der Waals surface area contributed by atoms with Crippen LogP contribution in [-0.2, 0) is 17.9 Å². The molecular weight excluding hydrogens is 304 g/mol. The van der Waals surface area contributed by atoms with Crippen molar-refractivity contribution in [2.24, 2.45) is 0 Å². The number of rotatable bonds is 5. The minimum Gasteiger partial charge on any atom is -0.355 e. The second-order valence-corrected chi connectivity index (χ2v) is 5.84. The molecule has 0 aliphatic heterocycles. The fraction of sp³-hybridized carbons (Fsp3) is 0.278. The van der Waals surface area contributed by atoms with Gasteiger partial charge in [0.25, 0.3) is 0 Å². The second kappa shape index (κ2) is 6.70. The Balaban J connectivity index is 1.98. The van der Waals surface area contributed by atoms with Crippen LogP contribution in [0.3, 0.4) is 0 Å². The number of aromatic nitrogens is 3. The zero-order valence-corrected chi connectivity index (χ0v) is 13.8. The fourth-order valence-corrected chi connectivity index (χ4v) is 2.72. The summed E-state index contributed by atoms with van der Waals surface area (Å²) < 4.78 is 3.33. The first-order valence-corrected chi connectivity index (χ1v) is 7.90. The predicted molar refractivity (Wildman–Crippen MR) is 93.0 cm³/mol. The van der Waals surface area contributed by atoms with Crippen LogP contribution in [-0.4, -0.2) is 26.6 Å². The molecule has 124 valence electrons. The van der Waals surface area contributed by atoms with Crippen LogP contribution in [0.5, 0.6) is 0 Å². The van der Waals surface area contributed by atoms with Gasteiger partial charge in [-0.15, -0.1) is 0 Å². The molecule has 2 aromatic heterocycles. The van der Waals surface area contributed by atoms with Crippen LogP contribution < -0.4 is 11.0 Å². The van der Waals surface area contributed by atoms with Crippen molar-refractivity contribution >= 4 is 17.1 Å². The molecule has 6 nitrogen and oxygen atoms in total. The molecule has 0 unspecified atom stereocenters. The van der Waals surface area contributed by atoms with E-state index in [1.165, 1.54) is 12.5 Å². The highest BCUT2D eigenvalue weighted by Gasteiger charge is 2.14. The molecule has 0 aliphatic carbocycles. The average Bonchev–Trinajstić information content (AvgIpc) is 2.82. The summed E-state index contributed by atoms with van der Waals surface area (Å²) in [5, 5.41) is 2.72. The molecule has 1 amide bonds. The molecular formula is C18H20N4O2. The number of benzene rings is 1. The summed E-state index contributed by atoms with van der Waals surface area (Å²) in [5.41, 5.74) is 3.57. The monoisotopic (exact) mass is 324 g/mol. The number of fused-ring (bicyclic) bond motifs is 1. The smallest absolute Gasteiger partial charge is 0.330 e. The first kappa shape index (κ1) is 16.0. The number of hydrogen-bond acceptors (Lipinski definition) is 3. The lowest BCUT2D eigenvalue weighted by molar-refractivity contribution is -0.118. The molecule has 3 aromatic rings. The standard InChI is InChI=1S/C18H20N4O2/c1-13-5-7-15(8-6-13)12-22-16-4-3-9-20-17(16)21(18(22)24)11-10-19-14(2)23/h3-9H,10-12H2,1-2H3,(H,19,23). The van der Waals surface area contributed by atoms with Gasteiger partial charge in [0.1, 0.15) is 0 Å². The van der Waals surface area contributed by atoms with Crippen molar-refractivity contribution in [3.8, 4) is 0 Å². The van der Waals surface area contributed by atoms with Crippen molar-refractivity contribution in [1.82, 2.24) is 19.4 Å². The summed E-state index contributed by atoms with van der Waals surface area (Å²) >= 11 is 0. The molecule has 0 fully saturated rings. The van der Waals surface area contributed by atoms with Gasteiger partial charge in [0.15, 0.2) is 5.65 Å². The van der Waals surface area contributed by atoms with Gasteiger partial charge in [0, 0.05) is 26.2 Å². The van der Waals surface area contributed by atoms with Crippen molar-refractivity contribution in [2.45, 2.75) is 26.9 Å². The fourth-order valence-electron chi connectivity index (χ4n) is 2.72. The number of nitrogens with one attached hydrogen (secondary N) is 1. The molecule has 0 aliphatic rings. The lowest BCUT2D eigenvalue weighted by atomic mass is 10.1. The number of imidazole rings is 1. The first-order chi connectivity index (χ1) is 11.6. The van der Waals surface area contributed by atoms with Crippen molar-refractivity contribution in [1.29, 1.82) is 0 Å². The summed E-state index contributed by atoms with van der Waals surface area (Å²) in [6, 6.07) is 11.8. The molecule has 1 N–H and O–H groups in total. The largest absolute Gasteiger partial charge is 0.355 e. The van der Waals surface area contributed by atoms with E-state index in [0.717, 1.165) is 11.1 Å². The van der Waals surface area contributed by atoms with Crippen LogP contribution in [0.1, 0.15) is 18.1 Å². The minimum atomic E-state index is -0.116. The third-order valence-electron chi connectivity index (χ3n) is 3.94. The average molecular weight is 324 g/mol. The van der Waals surface area contributed by atoms with Crippen LogP contribution in [0.15, 0.2) is 47.4 Å². The number of pyridine rings is 1. The molecule has 2 heterocycles. The molecule has 3 rings (SSSR count). The van der Waals surface area contributed by atoms with E-state index in [2.05, 4.69) is 10.3 Å². The molecule has 0 saturated heterocycles. The maximum Gasteiger partial charge on any atom is 0.330 e. The van der Waals surface area contributed by atoms with Gasteiger partial charge in [-0.25, -0.2) is 9.78 Å². The molecule has 1 aromatic carbocycles. The topological polar surface area (TPSA) is 68.9 Å². The molecule has 6 heteroatoms. The lowest BCUT2D eigenvalue weighted by Crippen LogP contribution is -2.30. The van der Waals surface area contributed by atoms with Crippen molar-refractivity contribution in [2.75, 3.05) is 6.54 Å². The van der Waals surface area contributed by atoms with E-state index >= 15 is 0 Å². The zero-order chi connectivity index (χ0) is 17.1. The van der Waals surface area contributed by atoms with Crippen molar-refractivity contribution in [3.63, 3.8) is 0 Å². The van der Waals surface area contributed by atoms with Gasteiger partial charge in [-0.05, 0) is 24.6 Å². The van der Waals surface area contributed by atoms with Crippen LogP contribution in [0.25, 0.3) is 11.2 Å². The Hall–Kier alpha value is -2.89. The maximum absolute atomic E-state index is 12.8. The van der Waals surface area contributed by atoms with Gasteiger partial charge in [-0.3, -0.25) is 13.9 Å². The predicted octanol–water partition coefficient (Wildman–Crippen LogP) is 1.69. The number of carbonyl (C=O) groups excluding carboxylic acids is 1. The van der Waals surface area contributed by atoms with Crippen LogP contribution in [0, 0.1) is 6.92 Å². The van der Waals surface area contributed by atoms with Crippen molar-refractivity contribution in [3.05, 3.63) is 64.2 Å². The third kappa shape index (κ3) is 3.22. The molecule has 0 radical (unpaired) electrons. The summed E-state index contributed by atoms with van der Waals surface area (Å²) in [6.45, 7) is 4.78. The number of carbonyl (C=O) groups is 1. The van der Waals surface area contributed by atoms with E-state index in [-0.39, 0.29) is 11.6 Å². The summed E-state index contributed by atoms with van der Waals surface area (Å²) in [4.78, 5) is 28.2. The first-order valence-electron chi connectivity index (χ1n) is 7.90. The Labute approximate surface area is 139 Å². The zero-order valence-electron chi connectivity index (χ0n) is 13.8. The molecule has 0 saturated carbocycles. The number of amides is 1. The number of hydrogen-bond donors (Lipinski definition) is 1. The van der Waals surface area contributed by atoms with Crippen molar-refractivity contribution < 1.29 is 4.79 Å². The summed E-state index contributed by atoms with van der Waals surface area (Å²) in [7, 11) is 0. The number of nitrogens with zero attached hydrogens (tertiary/aromatic N) is 3. The number of aryl methyl sites for hydroxylation is 1. The van der Waals surface area contributed by atoms with E-state index in [0.29, 0.717) is 25.3 Å². The Morgan fingerprint density at radius 1 is 1.17 bits per heavy atom. The van der Waals surface area contributed by atoms with Gasteiger partial charge in [-0.1, -0.05) is 29.8 Å². The SMILES string of the molecule is CC(=O)NCCn1c(=O)n(Cc2ccc(C)cc2)c2cccnc21. The van der Waals surface area contributed by atoms with Gasteiger partial charge in [-0.2, -0.15) is 0 Å². The Morgan fingerprint density at radius 2 is 1.92 bits per heavy atom. The van der Waals surface area contributed by atoms with Gasteiger partial charge in [0.05, 0.1) is 12.1 Å². The normalized spacial score (nSPS) is 10.9. The quantitative estimate of drug-likeness (QED) is 0.776. The summed E-state index contributed by atoms with van der Waals surface area (Å²) in [5.74, 6) is -0.112. The Kier molecular flexibility index (Phi) is 4.46.